The topological polar surface area (TPSA) is 78.5 Å². The molecule has 0 saturated heterocycles. The zero-order chi connectivity index (χ0) is 22.3. The molecule has 0 saturated carbocycles. The number of aromatic nitrogens is 3. The Kier molecular flexibility index (Phi) is 5.49. The van der Waals surface area contributed by atoms with Gasteiger partial charge in [-0.1, -0.05) is 41.7 Å². The number of methoxy groups -OCH3 is 1. The third-order valence-corrected chi connectivity index (χ3v) is 6.54. The molecule has 8 heteroatoms. The second-order valence-corrected chi connectivity index (χ2v) is 8.39. The summed E-state index contributed by atoms with van der Waals surface area (Å²) in [4.78, 5) is 31.3. The highest BCUT2D eigenvalue weighted by atomic mass is 32.1. The molecule has 0 radical (unpaired) electrons. The van der Waals surface area contributed by atoms with Crippen molar-refractivity contribution in [1.82, 2.24) is 14.3 Å². The predicted octanol–water partition coefficient (Wildman–Crippen LogP) is 2.24. The fourth-order valence-corrected chi connectivity index (χ4v) is 5.03. The van der Waals surface area contributed by atoms with E-state index in [-0.39, 0.29) is 5.56 Å². The number of allylic oxidation sites excluding steroid dienone is 1. The molecule has 0 unspecified atom stereocenters. The molecule has 1 aromatic carbocycles. The molecule has 31 heavy (non-hydrogen) atoms. The first-order chi connectivity index (χ1) is 14.9. The zero-order valence-electron chi connectivity index (χ0n) is 18.2. The molecule has 0 amide bonds. The molecule has 0 fully saturated rings. The van der Waals surface area contributed by atoms with Crippen LogP contribution in [0.1, 0.15) is 42.4 Å². The lowest BCUT2D eigenvalue weighted by Gasteiger charge is -2.24. The minimum Gasteiger partial charge on any atom is -0.466 e. The lowest BCUT2D eigenvalue weighted by atomic mass is 9.96. The summed E-state index contributed by atoms with van der Waals surface area (Å²) in [6, 6.07) is 8.90. The summed E-state index contributed by atoms with van der Waals surface area (Å²) in [5.41, 5.74) is 4.39. The van der Waals surface area contributed by atoms with Crippen LogP contribution in [0.4, 0.5) is 0 Å². The van der Waals surface area contributed by atoms with Gasteiger partial charge in [0, 0.05) is 17.8 Å². The van der Waals surface area contributed by atoms with Crippen LogP contribution in [0.25, 0.3) is 6.08 Å². The molecule has 160 valence electrons. The van der Waals surface area contributed by atoms with Crippen molar-refractivity contribution >= 4 is 23.4 Å². The Hall–Kier alpha value is -3.26. The SMILES string of the molecule is CCn1nc(C)c(C=c2sc3n(c2=O)[C@@H](c2ccccc2)C(C(=O)OC)=C(C)N=3)c1C. The third-order valence-electron chi connectivity index (χ3n) is 5.55. The standard InChI is InChI=1S/C23H24N4O3S/c1-6-26-15(4)17(13(2)25-26)12-18-21(28)27-20(16-10-8-7-9-11-16)19(22(29)30-5)14(3)24-23(27)31-18/h7-12,20H,6H2,1-5H3/t20-/m0/s1. The summed E-state index contributed by atoms with van der Waals surface area (Å²) >= 11 is 1.32. The van der Waals surface area contributed by atoms with E-state index in [0.29, 0.717) is 20.6 Å². The molecule has 7 nitrogen and oxygen atoms in total. The van der Waals surface area contributed by atoms with Crippen LogP contribution < -0.4 is 14.9 Å². The highest BCUT2D eigenvalue weighted by Gasteiger charge is 2.32. The number of fused-ring (bicyclic) bond motifs is 1. The number of rotatable bonds is 4. The predicted molar refractivity (Wildman–Crippen MR) is 120 cm³/mol. The van der Waals surface area contributed by atoms with Crippen molar-refractivity contribution in [2.75, 3.05) is 7.11 Å². The number of benzene rings is 1. The maximum atomic E-state index is 13.5. The van der Waals surface area contributed by atoms with E-state index in [1.807, 2.05) is 61.9 Å². The van der Waals surface area contributed by atoms with E-state index in [9.17, 15) is 9.59 Å². The second-order valence-electron chi connectivity index (χ2n) is 7.38. The van der Waals surface area contributed by atoms with E-state index in [2.05, 4.69) is 10.1 Å². The van der Waals surface area contributed by atoms with Crippen LogP contribution in [0.15, 0.2) is 51.4 Å². The molecule has 0 aliphatic carbocycles. The van der Waals surface area contributed by atoms with Crippen molar-refractivity contribution in [2.24, 2.45) is 4.99 Å². The molecule has 0 spiro atoms. The Balaban J connectivity index is 1.99. The van der Waals surface area contributed by atoms with Crippen LogP contribution in [-0.4, -0.2) is 27.4 Å². The van der Waals surface area contributed by atoms with Gasteiger partial charge in [0.05, 0.1) is 34.6 Å². The van der Waals surface area contributed by atoms with Gasteiger partial charge in [-0.15, -0.1) is 0 Å². The molecule has 4 rings (SSSR count). The summed E-state index contributed by atoms with van der Waals surface area (Å²) in [7, 11) is 1.34. The van der Waals surface area contributed by atoms with Gasteiger partial charge < -0.3 is 4.74 Å². The van der Waals surface area contributed by atoms with Gasteiger partial charge in [0.15, 0.2) is 4.80 Å². The first-order valence-electron chi connectivity index (χ1n) is 10.1. The van der Waals surface area contributed by atoms with Gasteiger partial charge >= 0.3 is 5.97 Å². The molecule has 1 atom stereocenters. The van der Waals surface area contributed by atoms with Gasteiger partial charge in [0.25, 0.3) is 5.56 Å². The molecular formula is C23H24N4O3S. The number of aryl methyl sites for hydroxylation is 2. The lowest BCUT2D eigenvalue weighted by Crippen LogP contribution is -2.39. The molecule has 1 aliphatic heterocycles. The number of carbonyl (C=O) groups is 1. The Bertz CT molecular complexity index is 1380. The van der Waals surface area contributed by atoms with Gasteiger partial charge in [0.1, 0.15) is 0 Å². The first kappa shape index (κ1) is 21.0. The van der Waals surface area contributed by atoms with Crippen LogP contribution in [-0.2, 0) is 16.1 Å². The average molecular weight is 437 g/mol. The Labute approximate surface area is 183 Å². The highest BCUT2D eigenvalue weighted by molar-refractivity contribution is 7.07. The maximum absolute atomic E-state index is 13.5. The summed E-state index contributed by atoms with van der Waals surface area (Å²) in [5, 5.41) is 4.55. The molecule has 3 heterocycles. The van der Waals surface area contributed by atoms with Gasteiger partial charge in [-0.25, -0.2) is 9.79 Å². The molecule has 0 N–H and O–H groups in total. The summed E-state index contributed by atoms with van der Waals surface area (Å²) in [6.45, 7) is 8.51. The van der Waals surface area contributed by atoms with E-state index < -0.39 is 12.0 Å². The van der Waals surface area contributed by atoms with Crippen LogP contribution in [0.3, 0.4) is 0 Å². The Morgan fingerprint density at radius 1 is 1.23 bits per heavy atom. The minimum absolute atomic E-state index is 0.186. The summed E-state index contributed by atoms with van der Waals surface area (Å²) in [6.07, 6.45) is 1.88. The summed E-state index contributed by atoms with van der Waals surface area (Å²) in [5.74, 6) is -0.486. The second kappa shape index (κ2) is 8.11. The average Bonchev–Trinajstić information content (AvgIpc) is 3.23. The van der Waals surface area contributed by atoms with Crippen LogP contribution >= 0.6 is 11.3 Å². The lowest BCUT2D eigenvalue weighted by molar-refractivity contribution is -0.136. The summed E-state index contributed by atoms with van der Waals surface area (Å²) < 4.78 is 9.10. The van der Waals surface area contributed by atoms with Crippen molar-refractivity contribution in [1.29, 1.82) is 0 Å². The number of ether oxygens (including phenoxy) is 1. The van der Waals surface area contributed by atoms with Gasteiger partial charge in [-0.3, -0.25) is 14.0 Å². The monoisotopic (exact) mass is 436 g/mol. The largest absolute Gasteiger partial charge is 0.466 e. The van der Waals surface area contributed by atoms with Crippen molar-refractivity contribution in [3.63, 3.8) is 0 Å². The zero-order valence-corrected chi connectivity index (χ0v) is 19.0. The Morgan fingerprint density at radius 3 is 2.55 bits per heavy atom. The molecule has 0 bridgehead atoms. The molecule has 1 aliphatic rings. The van der Waals surface area contributed by atoms with Gasteiger partial charge in [-0.05, 0) is 39.3 Å². The maximum Gasteiger partial charge on any atom is 0.338 e. The third kappa shape index (κ3) is 3.46. The number of hydrogen-bond donors (Lipinski definition) is 0. The molecule has 2 aromatic heterocycles. The van der Waals surface area contributed by atoms with Crippen molar-refractivity contribution in [3.8, 4) is 0 Å². The molecule has 3 aromatic rings. The Morgan fingerprint density at radius 2 is 1.94 bits per heavy atom. The molecular weight excluding hydrogens is 412 g/mol. The van der Waals surface area contributed by atoms with E-state index in [1.165, 1.54) is 18.4 Å². The highest BCUT2D eigenvalue weighted by Crippen LogP contribution is 2.30. The van der Waals surface area contributed by atoms with E-state index in [1.54, 1.807) is 11.5 Å². The van der Waals surface area contributed by atoms with Crippen LogP contribution in [0.5, 0.6) is 0 Å². The fourth-order valence-electron chi connectivity index (χ4n) is 4.00. The number of nitrogens with zero attached hydrogens (tertiary/aromatic N) is 4. The van der Waals surface area contributed by atoms with Crippen molar-refractivity contribution in [2.45, 2.75) is 40.3 Å². The van der Waals surface area contributed by atoms with Gasteiger partial charge in [-0.2, -0.15) is 5.10 Å². The minimum atomic E-state index is -0.590. The number of thiazole rings is 1. The number of carbonyl (C=O) groups excluding carboxylic acids is 1. The number of hydrogen-bond acceptors (Lipinski definition) is 6. The smallest absolute Gasteiger partial charge is 0.338 e. The van der Waals surface area contributed by atoms with E-state index in [0.717, 1.165) is 29.1 Å². The van der Waals surface area contributed by atoms with Crippen molar-refractivity contribution < 1.29 is 9.53 Å². The fraction of sp³-hybridized carbons (Fsp3) is 0.304. The van der Waals surface area contributed by atoms with Gasteiger partial charge in [0.2, 0.25) is 0 Å². The number of esters is 1. The van der Waals surface area contributed by atoms with Crippen LogP contribution in [0.2, 0.25) is 0 Å². The first-order valence-corrected chi connectivity index (χ1v) is 10.9. The van der Waals surface area contributed by atoms with E-state index in [4.69, 9.17) is 4.74 Å². The van der Waals surface area contributed by atoms with E-state index >= 15 is 0 Å². The normalized spacial score (nSPS) is 16.3. The quantitative estimate of drug-likeness (QED) is 0.588. The van der Waals surface area contributed by atoms with Crippen LogP contribution in [0, 0.1) is 13.8 Å². The van der Waals surface area contributed by atoms with Crippen molar-refractivity contribution in [3.05, 3.63) is 83.8 Å².